The number of rotatable bonds is 1. The van der Waals surface area contributed by atoms with Gasteiger partial charge < -0.3 is 5.32 Å². The maximum atomic E-state index is 13.0. The lowest BCUT2D eigenvalue weighted by atomic mass is 10.1. The van der Waals surface area contributed by atoms with E-state index in [1.165, 1.54) is 12.1 Å². The monoisotopic (exact) mass is 263 g/mol. The smallest absolute Gasteiger partial charge is 0.160 e. The second kappa shape index (κ2) is 4.63. The zero-order valence-corrected chi connectivity index (χ0v) is 10.3. The Morgan fingerprint density at radius 2 is 2.22 bits per heavy atom. The molecule has 1 N–H and O–H groups in total. The molecular weight excluding hydrogens is 253 g/mol. The molecule has 1 aromatic carbocycles. The number of halogens is 2. The summed E-state index contributed by atoms with van der Waals surface area (Å²) in [5.41, 5.74) is 2.82. The highest BCUT2D eigenvalue weighted by Gasteiger charge is 2.14. The maximum Gasteiger partial charge on any atom is 0.160 e. The number of nitrogens with one attached hydrogen (secondary N) is 1. The van der Waals surface area contributed by atoms with Crippen LogP contribution in [0.1, 0.15) is 11.3 Å². The molecule has 2 aromatic rings. The van der Waals surface area contributed by atoms with Gasteiger partial charge in [-0.2, -0.15) is 0 Å². The van der Waals surface area contributed by atoms with Crippen molar-refractivity contribution in [2.24, 2.45) is 0 Å². The molecule has 2 heterocycles. The van der Waals surface area contributed by atoms with Crippen LogP contribution in [-0.4, -0.2) is 16.5 Å². The number of aromatic nitrogens is 2. The molecule has 0 bridgehead atoms. The van der Waals surface area contributed by atoms with Crippen molar-refractivity contribution in [3.63, 3.8) is 0 Å². The second-order valence-electron chi connectivity index (χ2n) is 4.22. The van der Waals surface area contributed by atoms with Crippen LogP contribution in [0.3, 0.4) is 0 Å². The van der Waals surface area contributed by atoms with E-state index in [0.29, 0.717) is 16.4 Å². The molecule has 5 heteroatoms. The van der Waals surface area contributed by atoms with Gasteiger partial charge in [-0.05, 0) is 18.2 Å². The lowest BCUT2D eigenvalue weighted by Crippen LogP contribution is -2.24. The summed E-state index contributed by atoms with van der Waals surface area (Å²) in [6.07, 6.45) is 2.69. The van der Waals surface area contributed by atoms with Gasteiger partial charge in [-0.15, -0.1) is 0 Å². The van der Waals surface area contributed by atoms with Crippen LogP contribution < -0.4 is 5.32 Å². The lowest BCUT2D eigenvalue weighted by Gasteiger charge is -2.16. The third-order valence-electron chi connectivity index (χ3n) is 2.98. The third-order valence-corrected chi connectivity index (χ3v) is 3.29. The summed E-state index contributed by atoms with van der Waals surface area (Å²) in [6.45, 7) is 1.72. The zero-order chi connectivity index (χ0) is 12.5. The summed E-state index contributed by atoms with van der Waals surface area (Å²) in [6, 6.07) is 4.26. The van der Waals surface area contributed by atoms with E-state index in [2.05, 4.69) is 15.3 Å². The molecule has 0 saturated carbocycles. The fraction of sp³-hybridized carbons (Fsp3) is 0.231. The molecule has 0 fully saturated rings. The van der Waals surface area contributed by atoms with Crippen LogP contribution in [0.2, 0.25) is 5.02 Å². The van der Waals surface area contributed by atoms with Gasteiger partial charge in [0.05, 0.1) is 10.7 Å². The highest BCUT2D eigenvalue weighted by Crippen LogP contribution is 2.26. The van der Waals surface area contributed by atoms with Crippen molar-refractivity contribution in [3.05, 3.63) is 46.5 Å². The Morgan fingerprint density at radius 3 is 3.06 bits per heavy atom. The van der Waals surface area contributed by atoms with Crippen molar-refractivity contribution in [1.82, 2.24) is 15.3 Å². The molecule has 3 nitrogen and oxygen atoms in total. The van der Waals surface area contributed by atoms with Crippen molar-refractivity contribution in [3.8, 4) is 11.4 Å². The van der Waals surface area contributed by atoms with Crippen molar-refractivity contribution in [2.45, 2.75) is 13.0 Å². The van der Waals surface area contributed by atoms with Gasteiger partial charge in [-0.1, -0.05) is 11.6 Å². The van der Waals surface area contributed by atoms with Gasteiger partial charge in [0, 0.05) is 36.8 Å². The van der Waals surface area contributed by atoms with E-state index >= 15 is 0 Å². The summed E-state index contributed by atoms with van der Waals surface area (Å²) < 4.78 is 13.0. The Morgan fingerprint density at radius 1 is 1.33 bits per heavy atom. The molecule has 1 aliphatic heterocycles. The van der Waals surface area contributed by atoms with E-state index in [1.54, 1.807) is 6.07 Å². The molecule has 18 heavy (non-hydrogen) atoms. The van der Waals surface area contributed by atoms with Crippen LogP contribution in [0.4, 0.5) is 4.39 Å². The van der Waals surface area contributed by atoms with E-state index in [0.717, 1.165) is 30.8 Å². The molecule has 0 atom stereocenters. The standard InChI is InChI=1S/C13H11ClFN3/c14-11-5-9(15)1-2-10(11)13-17-7-8-6-16-4-3-12(8)18-13/h1-2,5,7,16H,3-4,6H2. The normalized spacial score (nSPS) is 14.3. The zero-order valence-electron chi connectivity index (χ0n) is 9.58. The van der Waals surface area contributed by atoms with Crippen LogP contribution in [0.5, 0.6) is 0 Å². The number of fused-ring (bicyclic) bond motifs is 1. The molecule has 1 aromatic heterocycles. The van der Waals surface area contributed by atoms with E-state index in [-0.39, 0.29) is 5.82 Å². The lowest BCUT2D eigenvalue weighted by molar-refractivity contribution is 0.625. The van der Waals surface area contributed by atoms with Crippen molar-refractivity contribution in [1.29, 1.82) is 0 Å². The van der Waals surface area contributed by atoms with Gasteiger partial charge >= 0.3 is 0 Å². The van der Waals surface area contributed by atoms with Gasteiger partial charge in [0.1, 0.15) is 5.82 Å². The molecule has 3 rings (SSSR count). The fourth-order valence-electron chi connectivity index (χ4n) is 2.04. The molecule has 0 unspecified atom stereocenters. The highest BCUT2D eigenvalue weighted by atomic mass is 35.5. The van der Waals surface area contributed by atoms with Crippen molar-refractivity contribution >= 4 is 11.6 Å². The van der Waals surface area contributed by atoms with Crippen LogP contribution in [-0.2, 0) is 13.0 Å². The summed E-state index contributed by atoms with van der Waals surface area (Å²) >= 11 is 6.01. The molecule has 1 aliphatic rings. The largest absolute Gasteiger partial charge is 0.312 e. The van der Waals surface area contributed by atoms with Crippen LogP contribution in [0.15, 0.2) is 24.4 Å². The van der Waals surface area contributed by atoms with E-state index < -0.39 is 0 Å². The Hall–Kier alpha value is -1.52. The third kappa shape index (κ3) is 2.09. The average molecular weight is 264 g/mol. The van der Waals surface area contributed by atoms with Crippen LogP contribution >= 0.6 is 11.6 Å². The van der Waals surface area contributed by atoms with Gasteiger partial charge in [0.15, 0.2) is 5.82 Å². The molecule has 0 spiro atoms. The maximum absolute atomic E-state index is 13.0. The first-order valence-corrected chi connectivity index (χ1v) is 6.13. The van der Waals surface area contributed by atoms with Crippen LogP contribution in [0.25, 0.3) is 11.4 Å². The van der Waals surface area contributed by atoms with Gasteiger partial charge in [0.2, 0.25) is 0 Å². The van der Waals surface area contributed by atoms with Crippen LogP contribution in [0, 0.1) is 5.82 Å². The minimum absolute atomic E-state index is 0.337. The van der Waals surface area contributed by atoms with Gasteiger partial charge in [-0.3, -0.25) is 0 Å². The van der Waals surface area contributed by atoms with E-state index in [9.17, 15) is 4.39 Å². The molecule has 92 valence electrons. The summed E-state index contributed by atoms with van der Waals surface area (Å²) in [7, 11) is 0. The fourth-order valence-corrected chi connectivity index (χ4v) is 2.29. The number of hydrogen-bond acceptors (Lipinski definition) is 3. The first-order chi connectivity index (χ1) is 8.74. The Labute approximate surface area is 109 Å². The van der Waals surface area contributed by atoms with Gasteiger partial charge in [-0.25, -0.2) is 14.4 Å². The Balaban J connectivity index is 2.06. The van der Waals surface area contributed by atoms with Gasteiger partial charge in [0.25, 0.3) is 0 Å². The predicted molar refractivity (Wildman–Crippen MR) is 67.8 cm³/mol. The molecule has 0 aliphatic carbocycles. The minimum atomic E-state index is -0.356. The first kappa shape index (κ1) is 11.6. The number of hydrogen-bond donors (Lipinski definition) is 1. The molecule has 0 saturated heterocycles. The summed E-state index contributed by atoms with van der Waals surface area (Å²) in [5.74, 6) is 0.201. The van der Waals surface area contributed by atoms with E-state index in [1.807, 2.05) is 6.20 Å². The molecular formula is C13H11ClFN3. The first-order valence-electron chi connectivity index (χ1n) is 5.75. The molecule has 0 amide bonds. The predicted octanol–water partition coefficient (Wildman–Crippen LogP) is 2.58. The molecule has 0 radical (unpaired) electrons. The topological polar surface area (TPSA) is 37.8 Å². The second-order valence-corrected chi connectivity index (χ2v) is 4.62. The van der Waals surface area contributed by atoms with E-state index in [4.69, 9.17) is 11.6 Å². The quantitative estimate of drug-likeness (QED) is 0.859. The Bertz CT molecular complexity index is 601. The average Bonchev–Trinajstić information content (AvgIpc) is 2.38. The van der Waals surface area contributed by atoms with Crippen molar-refractivity contribution < 1.29 is 4.39 Å². The van der Waals surface area contributed by atoms with Crippen molar-refractivity contribution in [2.75, 3.05) is 6.54 Å². The summed E-state index contributed by atoms with van der Waals surface area (Å²) in [4.78, 5) is 8.81. The highest BCUT2D eigenvalue weighted by molar-refractivity contribution is 6.33. The Kier molecular flexibility index (Phi) is 2.97. The number of benzene rings is 1. The summed E-state index contributed by atoms with van der Waals surface area (Å²) in [5, 5.41) is 3.60. The number of nitrogens with zero attached hydrogens (tertiary/aromatic N) is 2. The SMILES string of the molecule is Fc1ccc(-c2ncc3c(n2)CCNC3)c(Cl)c1. The minimum Gasteiger partial charge on any atom is -0.312 e.